The van der Waals surface area contributed by atoms with Gasteiger partial charge in [0.15, 0.2) is 0 Å². The number of thiophene rings is 1. The molecule has 0 amide bonds. The van der Waals surface area contributed by atoms with E-state index < -0.39 is 10.0 Å². The van der Waals surface area contributed by atoms with Gasteiger partial charge in [0.05, 0.1) is 0 Å². The summed E-state index contributed by atoms with van der Waals surface area (Å²) in [6.45, 7) is 2.27. The van der Waals surface area contributed by atoms with E-state index in [2.05, 4.69) is 5.32 Å². The summed E-state index contributed by atoms with van der Waals surface area (Å²) in [6.07, 6.45) is 1.90. The summed E-state index contributed by atoms with van der Waals surface area (Å²) in [5.41, 5.74) is 0. The van der Waals surface area contributed by atoms with Crippen LogP contribution < -0.4 is 5.32 Å². The lowest BCUT2D eigenvalue weighted by molar-refractivity contribution is 0.271. The average molecular weight is 274 g/mol. The normalized spacial score (nSPS) is 19.6. The predicted octanol–water partition coefficient (Wildman–Crippen LogP) is 1.37. The van der Waals surface area contributed by atoms with E-state index >= 15 is 0 Å². The van der Waals surface area contributed by atoms with Crippen molar-refractivity contribution in [2.24, 2.45) is 5.92 Å². The predicted molar refractivity (Wildman–Crippen MR) is 69.7 cm³/mol. The Morgan fingerprint density at radius 3 is 2.71 bits per heavy atom. The summed E-state index contributed by atoms with van der Waals surface area (Å²) >= 11 is 1.29. The zero-order valence-electron chi connectivity index (χ0n) is 9.93. The Morgan fingerprint density at radius 1 is 1.47 bits per heavy atom. The van der Waals surface area contributed by atoms with Crippen molar-refractivity contribution in [2.45, 2.75) is 17.1 Å². The number of hydrogen-bond acceptors (Lipinski definition) is 4. The first-order valence-electron chi connectivity index (χ1n) is 5.83. The molecule has 6 heteroatoms. The fourth-order valence-electron chi connectivity index (χ4n) is 2.18. The molecule has 1 N–H and O–H groups in total. The fraction of sp³-hybridized carbons (Fsp3) is 0.636. The number of hydrogen-bond donors (Lipinski definition) is 1. The van der Waals surface area contributed by atoms with Gasteiger partial charge in [-0.15, -0.1) is 11.3 Å². The van der Waals surface area contributed by atoms with Crippen molar-refractivity contribution in [1.82, 2.24) is 9.62 Å². The minimum absolute atomic E-state index is 0.463. The third-order valence-corrected chi connectivity index (χ3v) is 6.43. The highest BCUT2D eigenvalue weighted by molar-refractivity contribution is 7.91. The molecule has 4 nitrogen and oxygen atoms in total. The van der Waals surface area contributed by atoms with Crippen molar-refractivity contribution in [3.63, 3.8) is 0 Å². The van der Waals surface area contributed by atoms with Crippen LogP contribution in [0.3, 0.4) is 0 Å². The first kappa shape index (κ1) is 13.0. The second-order valence-corrected chi connectivity index (χ2v) is 7.45. The second-order valence-electron chi connectivity index (χ2n) is 4.34. The van der Waals surface area contributed by atoms with E-state index in [4.69, 9.17) is 0 Å². The lowest BCUT2D eigenvalue weighted by Crippen LogP contribution is -2.40. The molecule has 0 aromatic carbocycles. The van der Waals surface area contributed by atoms with E-state index in [-0.39, 0.29) is 0 Å². The highest BCUT2D eigenvalue weighted by Gasteiger charge is 2.29. The van der Waals surface area contributed by atoms with Crippen LogP contribution in [0.15, 0.2) is 21.7 Å². The SMILES string of the molecule is CNCC1CCN(S(=O)(=O)c2cccs2)CC1. The number of sulfonamides is 1. The second kappa shape index (κ2) is 5.48. The van der Waals surface area contributed by atoms with Crippen LogP contribution >= 0.6 is 11.3 Å². The summed E-state index contributed by atoms with van der Waals surface area (Å²) in [5.74, 6) is 0.606. The molecule has 1 aliphatic rings. The first-order valence-corrected chi connectivity index (χ1v) is 8.15. The van der Waals surface area contributed by atoms with Gasteiger partial charge >= 0.3 is 0 Å². The standard InChI is InChI=1S/C11H18N2O2S2/c1-12-9-10-4-6-13(7-5-10)17(14,15)11-3-2-8-16-11/h2-3,8,10,12H,4-7,9H2,1H3. The number of nitrogens with one attached hydrogen (secondary N) is 1. The summed E-state index contributed by atoms with van der Waals surface area (Å²) in [5, 5.41) is 4.96. The van der Waals surface area contributed by atoms with E-state index in [0.717, 1.165) is 19.4 Å². The van der Waals surface area contributed by atoms with Crippen LogP contribution in [0.2, 0.25) is 0 Å². The van der Waals surface area contributed by atoms with Crippen molar-refractivity contribution >= 4 is 21.4 Å². The van der Waals surface area contributed by atoms with Gasteiger partial charge in [-0.25, -0.2) is 8.42 Å². The van der Waals surface area contributed by atoms with Crippen molar-refractivity contribution < 1.29 is 8.42 Å². The van der Waals surface area contributed by atoms with Crippen LogP contribution in [-0.2, 0) is 10.0 Å². The van der Waals surface area contributed by atoms with Gasteiger partial charge in [0.2, 0.25) is 0 Å². The molecular formula is C11H18N2O2S2. The van der Waals surface area contributed by atoms with Crippen molar-refractivity contribution in [2.75, 3.05) is 26.7 Å². The topological polar surface area (TPSA) is 49.4 Å². The molecule has 1 aromatic rings. The molecule has 1 saturated heterocycles. The van der Waals surface area contributed by atoms with E-state index in [1.807, 2.05) is 7.05 Å². The molecule has 0 aliphatic carbocycles. The van der Waals surface area contributed by atoms with Crippen LogP contribution in [-0.4, -0.2) is 39.4 Å². The molecule has 0 unspecified atom stereocenters. The van der Waals surface area contributed by atoms with Crippen LogP contribution in [0.25, 0.3) is 0 Å². The zero-order chi connectivity index (χ0) is 12.3. The van der Waals surface area contributed by atoms with Gasteiger partial charge in [-0.1, -0.05) is 6.07 Å². The summed E-state index contributed by atoms with van der Waals surface area (Å²) in [6, 6.07) is 3.46. The van der Waals surface area contributed by atoms with Gasteiger partial charge in [-0.3, -0.25) is 0 Å². The van der Waals surface area contributed by atoms with E-state index in [9.17, 15) is 8.42 Å². The van der Waals surface area contributed by atoms with Crippen LogP contribution in [0, 0.1) is 5.92 Å². The van der Waals surface area contributed by atoms with Gasteiger partial charge in [0, 0.05) is 13.1 Å². The van der Waals surface area contributed by atoms with Gasteiger partial charge in [-0.05, 0) is 43.8 Å². The number of piperidine rings is 1. The Balaban J connectivity index is 2.01. The lowest BCUT2D eigenvalue weighted by atomic mass is 9.98. The first-order chi connectivity index (χ1) is 8.14. The van der Waals surface area contributed by atoms with Crippen LogP contribution in [0.4, 0.5) is 0 Å². The van der Waals surface area contributed by atoms with E-state index in [0.29, 0.717) is 23.2 Å². The Hall–Kier alpha value is -0.430. The largest absolute Gasteiger partial charge is 0.319 e. The molecule has 2 heterocycles. The Kier molecular flexibility index (Phi) is 4.19. The smallest absolute Gasteiger partial charge is 0.252 e. The summed E-state index contributed by atoms with van der Waals surface area (Å²) in [7, 11) is -1.29. The molecule has 96 valence electrons. The summed E-state index contributed by atoms with van der Waals surface area (Å²) < 4.78 is 26.5. The maximum atomic E-state index is 12.2. The highest BCUT2D eigenvalue weighted by Crippen LogP contribution is 2.25. The molecule has 0 bridgehead atoms. The fourth-order valence-corrected chi connectivity index (χ4v) is 4.79. The van der Waals surface area contributed by atoms with Crippen molar-refractivity contribution in [3.8, 4) is 0 Å². The van der Waals surface area contributed by atoms with Crippen LogP contribution in [0.1, 0.15) is 12.8 Å². The lowest BCUT2D eigenvalue weighted by Gasteiger charge is -2.30. The highest BCUT2D eigenvalue weighted by atomic mass is 32.2. The summed E-state index contributed by atoms with van der Waals surface area (Å²) in [4.78, 5) is 0. The molecular weight excluding hydrogens is 256 g/mol. The number of nitrogens with zero attached hydrogens (tertiary/aromatic N) is 1. The van der Waals surface area contributed by atoms with Crippen molar-refractivity contribution in [1.29, 1.82) is 0 Å². The Morgan fingerprint density at radius 2 is 2.18 bits per heavy atom. The van der Waals surface area contributed by atoms with Gasteiger partial charge in [0.25, 0.3) is 10.0 Å². The van der Waals surface area contributed by atoms with E-state index in [1.165, 1.54) is 11.3 Å². The van der Waals surface area contributed by atoms with Crippen LogP contribution in [0.5, 0.6) is 0 Å². The third-order valence-electron chi connectivity index (χ3n) is 3.16. The zero-order valence-corrected chi connectivity index (χ0v) is 11.6. The van der Waals surface area contributed by atoms with Gasteiger partial charge in [0.1, 0.15) is 4.21 Å². The minimum Gasteiger partial charge on any atom is -0.319 e. The molecule has 0 saturated carbocycles. The molecule has 0 atom stereocenters. The molecule has 2 rings (SSSR count). The third kappa shape index (κ3) is 2.88. The van der Waals surface area contributed by atoms with E-state index in [1.54, 1.807) is 21.8 Å². The number of rotatable bonds is 4. The molecule has 0 radical (unpaired) electrons. The maximum Gasteiger partial charge on any atom is 0.252 e. The minimum atomic E-state index is -3.23. The van der Waals surface area contributed by atoms with Gasteiger partial charge in [-0.2, -0.15) is 4.31 Å². The molecule has 1 aromatic heterocycles. The molecule has 17 heavy (non-hydrogen) atoms. The molecule has 1 aliphatic heterocycles. The molecule has 0 spiro atoms. The maximum absolute atomic E-state index is 12.2. The molecule has 1 fully saturated rings. The van der Waals surface area contributed by atoms with Gasteiger partial charge < -0.3 is 5.32 Å². The Bertz CT molecular complexity index is 434. The Labute approximate surface area is 107 Å². The average Bonchev–Trinajstić information content (AvgIpc) is 2.84. The monoisotopic (exact) mass is 274 g/mol. The quantitative estimate of drug-likeness (QED) is 0.902. The van der Waals surface area contributed by atoms with Crippen molar-refractivity contribution in [3.05, 3.63) is 17.5 Å².